The van der Waals surface area contributed by atoms with Crippen LogP contribution in [0.3, 0.4) is 0 Å². The summed E-state index contributed by atoms with van der Waals surface area (Å²) < 4.78 is 0. The fourth-order valence-corrected chi connectivity index (χ4v) is 6.02. The van der Waals surface area contributed by atoms with Gasteiger partial charge in [-0.1, -0.05) is 19.6 Å². The maximum atomic E-state index is 13.8. The summed E-state index contributed by atoms with van der Waals surface area (Å²) in [4.78, 5) is 39.6. The number of aliphatic hydroxyl groups is 2. The third kappa shape index (κ3) is 4.17. The molecule has 0 aromatic heterocycles. The van der Waals surface area contributed by atoms with E-state index in [0.717, 1.165) is 11.1 Å². The van der Waals surface area contributed by atoms with Crippen LogP contribution in [0.1, 0.15) is 46.8 Å². The number of phenolic OH excluding ortho intramolecular Hbond substituents is 1. The highest BCUT2D eigenvalue weighted by atomic mass is 16.3. The van der Waals surface area contributed by atoms with Crippen molar-refractivity contribution in [3.05, 3.63) is 63.1 Å². The van der Waals surface area contributed by atoms with Gasteiger partial charge in [-0.05, 0) is 61.9 Å². The largest absolute Gasteiger partial charge is 0.511 e. The van der Waals surface area contributed by atoms with E-state index in [-0.39, 0.29) is 76.8 Å². The number of ketones is 1. The van der Waals surface area contributed by atoms with Crippen LogP contribution in [0.2, 0.25) is 0 Å². The van der Waals surface area contributed by atoms with E-state index in [0.29, 0.717) is 24.8 Å². The summed E-state index contributed by atoms with van der Waals surface area (Å²) in [5.41, 5.74) is 7.98. The number of Topliss-reactive ketones (excluding diaryl/α,β-unsaturated/α-hetero) is 1. The van der Waals surface area contributed by atoms with Crippen molar-refractivity contribution in [2.75, 3.05) is 20.6 Å². The van der Waals surface area contributed by atoms with Crippen molar-refractivity contribution in [3.8, 4) is 5.75 Å². The molecule has 0 spiro atoms. The van der Waals surface area contributed by atoms with Crippen molar-refractivity contribution in [1.82, 2.24) is 10.2 Å². The molecule has 192 valence electrons. The lowest BCUT2D eigenvalue weighted by molar-refractivity contribution is -0.121. The monoisotopic (exact) mass is 495 g/mol. The molecule has 3 aliphatic rings. The van der Waals surface area contributed by atoms with Gasteiger partial charge >= 0.3 is 0 Å². The fraction of sp³-hybridized carbons (Fsp3) is 0.444. The molecule has 1 aromatic carbocycles. The van der Waals surface area contributed by atoms with Gasteiger partial charge in [-0.2, -0.15) is 0 Å². The number of primary amides is 1. The average molecular weight is 496 g/mol. The number of likely N-dealkylation sites (N-methyl/N-ethyl adjacent to an activating group) is 1. The second-order valence-electron chi connectivity index (χ2n) is 10.2. The molecule has 4 rings (SSSR count). The van der Waals surface area contributed by atoms with Gasteiger partial charge in [0.2, 0.25) is 5.91 Å². The van der Waals surface area contributed by atoms with Crippen molar-refractivity contribution in [2.45, 2.75) is 39.2 Å². The van der Waals surface area contributed by atoms with Gasteiger partial charge in [-0.15, -0.1) is 0 Å². The van der Waals surface area contributed by atoms with E-state index >= 15 is 0 Å². The van der Waals surface area contributed by atoms with Gasteiger partial charge in [0, 0.05) is 30.0 Å². The number of aromatic hydroxyl groups is 1. The number of rotatable bonds is 6. The number of carbonyl (C=O) groups excluding carboxylic acids is 3. The van der Waals surface area contributed by atoms with Crippen LogP contribution < -0.4 is 11.1 Å². The number of aryl methyl sites for hydroxylation is 1. The molecule has 3 aliphatic carbocycles. The molecule has 1 aromatic rings. The maximum Gasteiger partial charge on any atom is 0.252 e. The second-order valence-corrected chi connectivity index (χ2v) is 10.2. The third-order valence-corrected chi connectivity index (χ3v) is 7.54. The minimum atomic E-state index is -0.831. The smallest absolute Gasteiger partial charge is 0.252 e. The Morgan fingerprint density at radius 3 is 2.50 bits per heavy atom. The average Bonchev–Trinajstić information content (AvgIpc) is 2.77. The van der Waals surface area contributed by atoms with Crippen LogP contribution in [-0.2, 0) is 29.0 Å². The molecule has 0 radical (unpaired) electrons. The number of aliphatic hydroxyl groups excluding tert-OH is 2. The Morgan fingerprint density at radius 2 is 1.89 bits per heavy atom. The SMILES string of the molecule is C=C1C(C(N)=O)=C(O)CC2C[C@@H]3Cc4c(CC)cc(CNC(=O)CN(C)C)c(O)c4C(=O)C3=C(O)C12. The number of nitrogens with zero attached hydrogens (tertiary/aromatic N) is 1. The number of hydrogen-bond acceptors (Lipinski definition) is 7. The summed E-state index contributed by atoms with van der Waals surface area (Å²) in [5.74, 6) is -3.24. The van der Waals surface area contributed by atoms with Crippen molar-refractivity contribution < 1.29 is 29.7 Å². The Bertz CT molecular complexity index is 1240. The highest BCUT2D eigenvalue weighted by Crippen LogP contribution is 2.52. The van der Waals surface area contributed by atoms with Gasteiger partial charge in [-0.3, -0.25) is 14.4 Å². The third-order valence-electron chi connectivity index (χ3n) is 7.54. The first kappa shape index (κ1) is 25.5. The summed E-state index contributed by atoms with van der Waals surface area (Å²) in [5, 5.41) is 35.6. The summed E-state index contributed by atoms with van der Waals surface area (Å²) in [7, 11) is 3.55. The van der Waals surface area contributed by atoms with Gasteiger partial charge in [0.05, 0.1) is 17.7 Å². The first-order valence-corrected chi connectivity index (χ1v) is 12.1. The Balaban J connectivity index is 1.75. The molecule has 9 nitrogen and oxygen atoms in total. The molecule has 0 bridgehead atoms. The van der Waals surface area contributed by atoms with Crippen molar-refractivity contribution in [2.24, 2.45) is 23.5 Å². The lowest BCUT2D eigenvalue weighted by atomic mass is 9.61. The van der Waals surface area contributed by atoms with Crippen molar-refractivity contribution in [3.63, 3.8) is 0 Å². The van der Waals surface area contributed by atoms with E-state index in [1.54, 1.807) is 19.0 Å². The molecule has 0 aliphatic heterocycles. The number of benzene rings is 1. The number of carbonyl (C=O) groups is 3. The van der Waals surface area contributed by atoms with Crippen LogP contribution in [-0.4, -0.2) is 58.5 Å². The molecule has 0 heterocycles. The van der Waals surface area contributed by atoms with Crippen LogP contribution in [0, 0.1) is 17.8 Å². The molecule has 2 amide bonds. The van der Waals surface area contributed by atoms with Crippen LogP contribution in [0.25, 0.3) is 0 Å². The highest BCUT2D eigenvalue weighted by Gasteiger charge is 2.48. The summed E-state index contributed by atoms with van der Waals surface area (Å²) in [6, 6.07) is 1.83. The Hall–Kier alpha value is -3.59. The number of nitrogens with one attached hydrogen (secondary N) is 1. The quantitative estimate of drug-likeness (QED) is 0.405. The fourth-order valence-electron chi connectivity index (χ4n) is 6.02. The lowest BCUT2D eigenvalue weighted by Gasteiger charge is -2.42. The Labute approximate surface area is 210 Å². The maximum absolute atomic E-state index is 13.8. The van der Waals surface area contributed by atoms with Crippen LogP contribution >= 0.6 is 0 Å². The van der Waals surface area contributed by atoms with Crippen molar-refractivity contribution >= 4 is 17.6 Å². The Morgan fingerprint density at radius 1 is 1.19 bits per heavy atom. The predicted octanol–water partition coefficient (Wildman–Crippen LogP) is 2.19. The molecule has 6 N–H and O–H groups in total. The van der Waals surface area contributed by atoms with Gasteiger partial charge in [0.1, 0.15) is 17.3 Å². The second kappa shape index (κ2) is 9.46. The van der Waals surface area contributed by atoms with Gasteiger partial charge in [0.15, 0.2) is 5.78 Å². The molecule has 9 heteroatoms. The molecular formula is C27H33N3O6. The van der Waals surface area contributed by atoms with E-state index in [2.05, 4.69) is 11.9 Å². The molecular weight excluding hydrogens is 462 g/mol. The molecule has 0 fully saturated rings. The van der Waals surface area contributed by atoms with Crippen LogP contribution in [0.15, 0.2) is 40.9 Å². The number of phenols is 1. The van der Waals surface area contributed by atoms with Crippen LogP contribution in [0.5, 0.6) is 5.75 Å². The number of hydrogen-bond donors (Lipinski definition) is 5. The molecule has 3 atom stereocenters. The first-order valence-electron chi connectivity index (χ1n) is 12.1. The topological polar surface area (TPSA) is 153 Å². The summed E-state index contributed by atoms with van der Waals surface area (Å²) >= 11 is 0. The summed E-state index contributed by atoms with van der Waals surface area (Å²) in [6.07, 6.45) is 1.75. The van der Waals surface area contributed by atoms with E-state index < -0.39 is 17.6 Å². The Kier molecular flexibility index (Phi) is 6.70. The van der Waals surface area contributed by atoms with E-state index in [1.165, 1.54) is 0 Å². The highest BCUT2D eigenvalue weighted by molar-refractivity contribution is 6.14. The number of amides is 2. The van der Waals surface area contributed by atoms with Crippen molar-refractivity contribution in [1.29, 1.82) is 0 Å². The number of allylic oxidation sites excluding steroid dienone is 3. The number of fused-ring (bicyclic) bond motifs is 3. The summed E-state index contributed by atoms with van der Waals surface area (Å²) in [6.45, 7) is 6.13. The van der Waals surface area contributed by atoms with E-state index in [4.69, 9.17) is 5.73 Å². The minimum absolute atomic E-state index is 0.0636. The van der Waals surface area contributed by atoms with Gasteiger partial charge in [-0.25, -0.2) is 0 Å². The van der Waals surface area contributed by atoms with Crippen LogP contribution in [0.4, 0.5) is 0 Å². The zero-order chi connectivity index (χ0) is 26.5. The van der Waals surface area contributed by atoms with E-state index in [9.17, 15) is 29.7 Å². The molecule has 0 saturated heterocycles. The van der Waals surface area contributed by atoms with Gasteiger partial charge < -0.3 is 31.3 Å². The molecule has 0 saturated carbocycles. The predicted molar refractivity (Wildman–Crippen MR) is 133 cm³/mol. The normalized spacial score (nSPS) is 23.4. The zero-order valence-electron chi connectivity index (χ0n) is 20.9. The molecule has 36 heavy (non-hydrogen) atoms. The lowest BCUT2D eigenvalue weighted by Crippen LogP contribution is -2.40. The number of nitrogens with two attached hydrogens (primary N) is 1. The first-order chi connectivity index (χ1) is 17.0. The molecule has 2 unspecified atom stereocenters. The van der Waals surface area contributed by atoms with E-state index in [1.807, 2.05) is 13.0 Å². The standard InChI is InChI=1S/C27H33N3O6/c1-5-13-6-16(10-29-19(32)11-30(3)4)24(33)23-17(13)8-14-7-15-9-18(31)21(27(28)36)12(2)20(15)25(34)22(14)26(23)35/h6,14-15,20,31,33-34H,2,5,7-11H2,1,3-4H3,(H2,28,36)(H,29,32)/t14-,15?,20?/m1/s1. The van der Waals surface area contributed by atoms with Gasteiger partial charge in [0.25, 0.3) is 5.91 Å². The zero-order valence-corrected chi connectivity index (χ0v) is 20.9. The minimum Gasteiger partial charge on any atom is -0.511 e.